The molecule has 0 aromatic heterocycles. The number of unbranched alkanes of at least 4 members (excludes halogenated alkanes) is 1. The van der Waals surface area contributed by atoms with E-state index in [1.165, 1.54) is 4.90 Å². The summed E-state index contributed by atoms with van der Waals surface area (Å²) in [5.74, 6) is -5.50. The molecular formula is C20H34N6O8. The highest BCUT2D eigenvalue weighted by Gasteiger charge is 2.38. The van der Waals surface area contributed by atoms with Crippen LogP contribution < -0.4 is 27.8 Å². The van der Waals surface area contributed by atoms with Crippen molar-refractivity contribution in [2.24, 2.45) is 17.2 Å². The standard InChI is InChI=1S/C20H34N6O8/c21-8-2-1-4-13(19(32)26-9-3-5-14(26)20(33)34)25-18(31)12(6-7-15(23)27)24-17(30)11(22)10-16(28)29/h11-14H,1-10,21-22H2,(H2,23,27)(H,24,30)(H,25,31)(H,28,29)(H,33,34). The number of primary amides is 1. The molecule has 4 unspecified atom stereocenters. The number of nitrogens with two attached hydrogens (primary N) is 3. The first-order chi connectivity index (χ1) is 16.0. The van der Waals surface area contributed by atoms with Gasteiger partial charge >= 0.3 is 11.9 Å². The Morgan fingerprint density at radius 1 is 0.971 bits per heavy atom. The summed E-state index contributed by atoms with van der Waals surface area (Å²) in [5.41, 5.74) is 16.2. The summed E-state index contributed by atoms with van der Waals surface area (Å²) in [7, 11) is 0. The lowest BCUT2D eigenvalue weighted by Crippen LogP contribution is -2.57. The van der Waals surface area contributed by atoms with Crippen LogP contribution in [-0.2, 0) is 28.8 Å². The number of carboxylic acid groups (broad SMARTS) is 2. The van der Waals surface area contributed by atoms with Crippen molar-refractivity contribution in [2.75, 3.05) is 13.1 Å². The van der Waals surface area contributed by atoms with E-state index in [1.807, 2.05) is 0 Å². The zero-order chi connectivity index (χ0) is 25.8. The second-order valence-electron chi connectivity index (χ2n) is 8.14. The van der Waals surface area contributed by atoms with E-state index in [1.54, 1.807) is 0 Å². The van der Waals surface area contributed by atoms with Crippen molar-refractivity contribution >= 4 is 35.6 Å². The Hall–Kier alpha value is -3.26. The minimum atomic E-state index is -1.44. The van der Waals surface area contributed by atoms with Crippen LogP contribution in [0.4, 0.5) is 0 Å². The molecule has 1 heterocycles. The minimum absolute atomic E-state index is 0.180. The number of nitrogens with zero attached hydrogens (tertiary/aromatic N) is 1. The number of carboxylic acids is 2. The molecule has 4 amide bonds. The Labute approximate surface area is 196 Å². The molecule has 1 rings (SSSR count). The third kappa shape index (κ3) is 9.31. The average molecular weight is 487 g/mol. The molecule has 0 aliphatic carbocycles. The molecule has 0 aromatic rings. The maximum absolute atomic E-state index is 13.1. The third-order valence-electron chi connectivity index (χ3n) is 5.43. The number of likely N-dealkylation sites (tertiary alicyclic amines) is 1. The number of carbonyl (C=O) groups is 6. The van der Waals surface area contributed by atoms with Gasteiger partial charge in [0.1, 0.15) is 18.1 Å². The van der Waals surface area contributed by atoms with Crippen LogP contribution in [0.2, 0.25) is 0 Å². The van der Waals surface area contributed by atoms with E-state index in [0.717, 1.165) is 0 Å². The molecule has 1 aliphatic heterocycles. The van der Waals surface area contributed by atoms with Gasteiger partial charge in [-0.2, -0.15) is 0 Å². The van der Waals surface area contributed by atoms with Crippen molar-refractivity contribution in [3.8, 4) is 0 Å². The van der Waals surface area contributed by atoms with Gasteiger partial charge in [-0.3, -0.25) is 24.0 Å². The molecule has 0 saturated carbocycles. The SMILES string of the molecule is NCCCCC(NC(=O)C(CCC(N)=O)NC(=O)C(N)CC(=O)O)C(=O)N1CCCC1C(=O)O. The van der Waals surface area contributed by atoms with E-state index in [4.69, 9.17) is 22.3 Å². The van der Waals surface area contributed by atoms with Gasteiger partial charge in [-0.05, 0) is 45.1 Å². The zero-order valence-corrected chi connectivity index (χ0v) is 18.9. The lowest BCUT2D eigenvalue weighted by Gasteiger charge is -2.29. The Morgan fingerprint density at radius 2 is 1.62 bits per heavy atom. The van der Waals surface area contributed by atoms with Crippen molar-refractivity contribution in [2.45, 2.75) is 75.5 Å². The number of rotatable bonds is 15. The van der Waals surface area contributed by atoms with Gasteiger partial charge in [-0.1, -0.05) is 0 Å². The molecule has 0 aromatic carbocycles. The lowest BCUT2D eigenvalue weighted by molar-refractivity contribution is -0.149. The monoisotopic (exact) mass is 486 g/mol. The first kappa shape index (κ1) is 28.8. The summed E-state index contributed by atoms with van der Waals surface area (Å²) in [4.78, 5) is 73.0. The topological polar surface area (TPSA) is 248 Å². The Kier molecular flexibility index (Phi) is 11.9. The molecule has 192 valence electrons. The second-order valence-corrected chi connectivity index (χ2v) is 8.14. The summed E-state index contributed by atoms with van der Waals surface area (Å²) in [5, 5.41) is 23.0. The van der Waals surface area contributed by atoms with E-state index in [-0.39, 0.29) is 25.8 Å². The van der Waals surface area contributed by atoms with Gasteiger partial charge in [-0.15, -0.1) is 0 Å². The molecule has 0 bridgehead atoms. The predicted octanol–water partition coefficient (Wildman–Crippen LogP) is -2.77. The number of aliphatic carboxylic acids is 2. The minimum Gasteiger partial charge on any atom is -0.481 e. The Bertz CT molecular complexity index is 776. The van der Waals surface area contributed by atoms with Gasteiger partial charge in [-0.25, -0.2) is 4.79 Å². The third-order valence-corrected chi connectivity index (χ3v) is 5.43. The smallest absolute Gasteiger partial charge is 0.326 e. The van der Waals surface area contributed by atoms with Crippen molar-refractivity contribution < 1.29 is 39.0 Å². The number of amides is 4. The molecule has 34 heavy (non-hydrogen) atoms. The van der Waals surface area contributed by atoms with E-state index in [9.17, 15) is 33.9 Å². The largest absolute Gasteiger partial charge is 0.481 e. The first-order valence-corrected chi connectivity index (χ1v) is 11.1. The van der Waals surface area contributed by atoms with Crippen molar-refractivity contribution in [1.82, 2.24) is 15.5 Å². The Balaban J connectivity index is 3.01. The van der Waals surface area contributed by atoms with Crippen LogP contribution in [0.25, 0.3) is 0 Å². The molecule has 14 heteroatoms. The average Bonchev–Trinajstić information content (AvgIpc) is 3.25. The van der Waals surface area contributed by atoms with Gasteiger partial charge in [0.05, 0.1) is 12.5 Å². The fraction of sp³-hybridized carbons (Fsp3) is 0.700. The first-order valence-electron chi connectivity index (χ1n) is 11.1. The summed E-state index contributed by atoms with van der Waals surface area (Å²) < 4.78 is 0. The van der Waals surface area contributed by atoms with E-state index in [2.05, 4.69) is 10.6 Å². The maximum atomic E-state index is 13.1. The fourth-order valence-corrected chi connectivity index (χ4v) is 3.62. The van der Waals surface area contributed by atoms with Crippen LogP contribution in [0.1, 0.15) is 51.4 Å². The fourth-order valence-electron chi connectivity index (χ4n) is 3.62. The van der Waals surface area contributed by atoms with Gasteiger partial charge in [0.2, 0.25) is 23.6 Å². The molecule has 4 atom stereocenters. The van der Waals surface area contributed by atoms with Crippen molar-refractivity contribution in [3.05, 3.63) is 0 Å². The number of hydrogen-bond acceptors (Lipinski definition) is 8. The number of hydrogen-bond donors (Lipinski definition) is 7. The normalized spacial score (nSPS) is 17.9. The van der Waals surface area contributed by atoms with E-state index >= 15 is 0 Å². The van der Waals surface area contributed by atoms with Gasteiger partial charge in [0, 0.05) is 13.0 Å². The van der Waals surface area contributed by atoms with Crippen LogP contribution in [-0.4, -0.2) is 87.9 Å². The molecular weight excluding hydrogens is 452 g/mol. The van der Waals surface area contributed by atoms with Crippen molar-refractivity contribution in [3.63, 3.8) is 0 Å². The molecule has 1 fully saturated rings. The highest BCUT2D eigenvalue weighted by molar-refractivity contribution is 5.95. The van der Waals surface area contributed by atoms with Crippen LogP contribution in [0, 0.1) is 0 Å². The lowest BCUT2D eigenvalue weighted by atomic mass is 10.0. The van der Waals surface area contributed by atoms with E-state index < -0.39 is 66.2 Å². The predicted molar refractivity (Wildman–Crippen MR) is 118 cm³/mol. The summed E-state index contributed by atoms with van der Waals surface area (Å²) in [6.07, 6.45) is 0.855. The zero-order valence-electron chi connectivity index (χ0n) is 18.9. The number of carbonyl (C=O) groups excluding carboxylic acids is 4. The molecule has 1 aliphatic rings. The summed E-state index contributed by atoms with van der Waals surface area (Å²) in [6.45, 7) is 0.583. The quantitative estimate of drug-likeness (QED) is 0.117. The molecule has 0 spiro atoms. The molecule has 10 N–H and O–H groups in total. The molecule has 1 saturated heterocycles. The van der Waals surface area contributed by atoms with Gasteiger partial charge in [0.25, 0.3) is 0 Å². The van der Waals surface area contributed by atoms with E-state index in [0.29, 0.717) is 32.2 Å². The van der Waals surface area contributed by atoms with Crippen LogP contribution in [0.3, 0.4) is 0 Å². The maximum Gasteiger partial charge on any atom is 0.326 e. The van der Waals surface area contributed by atoms with Gasteiger partial charge in [0.15, 0.2) is 0 Å². The summed E-state index contributed by atoms with van der Waals surface area (Å²) in [6, 6.07) is -4.84. The summed E-state index contributed by atoms with van der Waals surface area (Å²) >= 11 is 0. The Morgan fingerprint density at radius 3 is 2.18 bits per heavy atom. The highest BCUT2D eigenvalue weighted by Crippen LogP contribution is 2.20. The van der Waals surface area contributed by atoms with Gasteiger partial charge < -0.3 is 42.9 Å². The second kappa shape index (κ2) is 14.1. The van der Waals surface area contributed by atoms with Crippen LogP contribution >= 0.6 is 0 Å². The van der Waals surface area contributed by atoms with Crippen LogP contribution in [0.15, 0.2) is 0 Å². The molecule has 0 radical (unpaired) electrons. The van der Waals surface area contributed by atoms with Crippen molar-refractivity contribution in [1.29, 1.82) is 0 Å². The van der Waals surface area contributed by atoms with Crippen LogP contribution in [0.5, 0.6) is 0 Å². The molecule has 14 nitrogen and oxygen atoms in total. The highest BCUT2D eigenvalue weighted by atomic mass is 16.4. The number of nitrogens with one attached hydrogen (secondary N) is 2.